The Morgan fingerprint density at radius 1 is 1.29 bits per heavy atom. The van der Waals surface area contributed by atoms with Crippen molar-refractivity contribution in [3.8, 4) is 0 Å². The summed E-state index contributed by atoms with van der Waals surface area (Å²) in [6.07, 6.45) is 0.692. The lowest BCUT2D eigenvalue weighted by Crippen LogP contribution is -2.39. The van der Waals surface area contributed by atoms with E-state index in [0.717, 1.165) is 18.0 Å². The van der Waals surface area contributed by atoms with E-state index in [9.17, 15) is 8.42 Å². The summed E-state index contributed by atoms with van der Waals surface area (Å²) < 4.78 is 30.2. The van der Waals surface area contributed by atoms with Gasteiger partial charge in [-0.05, 0) is 34.1 Å². The number of aryl methyl sites for hydroxylation is 2. The molecule has 8 nitrogen and oxygen atoms in total. The Morgan fingerprint density at radius 3 is 2.54 bits per heavy atom. The van der Waals surface area contributed by atoms with Crippen LogP contribution in [0.1, 0.15) is 37.6 Å². The van der Waals surface area contributed by atoms with E-state index in [1.807, 2.05) is 20.8 Å². The number of aliphatic imine (C=N–C) groups is 1. The highest BCUT2D eigenvalue weighted by Gasteiger charge is 2.14. The van der Waals surface area contributed by atoms with E-state index in [2.05, 4.69) is 20.6 Å². The third-order valence-corrected chi connectivity index (χ3v) is 5.43. The van der Waals surface area contributed by atoms with Gasteiger partial charge in [0.25, 0.3) is 0 Å². The summed E-state index contributed by atoms with van der Waals surface area (Å²) >= 11 is 0. The maximum absolute atomic E-state index is 11.7. The molecular weight excluding hydrogens is 330 g/mol. The Labute approximate surface area is 144 Å². The summed E-state index contributed by atoms with van der Waals surface area (Å²) in [5.74, 6) is 2.16. The Kier molecular flexibility index (Phi) is 8.20. The average molecular weight is 359 g/mol. The second-order valence-electron chi connectivity index (χ2n) is 5.45. The van der Waals surface area contributed by atoms with Crippen molar-refractivity contribution in [2.24, 2.45) is 4.99 Å². The maximum atomic E-state index is 11.7. The smallest absolute Gasteiger partial charge is 0.216 e. The number of nitrogens with zero attached hydrogens (tertiary/aromatic N) is 3. The van der Waals surface area contributed by atoms with Gasteiger partial charge in [-0.15, -0.1) is 0 Å². The molecule has 1 heterocycles. The molecule has 1 aromatic heterocycles. The molecule has 0 aliphatic rings. The van der Waals surface area contributed by atoms with Crippen LogP contribution in [0.4, 0.5) is 0 Å². The number of guanidine groups is 1. The Morgan fingerprint density at radius 2 is 2.00 bits per heavy atom. The van der Waals surface area contributed by atoms with Crippen LogP contribution in [0.5, 0.6) is 0 Å². The van der Waals surface area contributed by atoms with Gasteiger partial charge < -0.3 is 15.1 Å². The molecule has 0 aliphatic heterocycles. The van der Waals surface area contributed by atoms with Crippen LogP contribution in [0.3, 0.4) is 0 Å². The van der Waals surface area contributed by atoms with Gasteiger partial charge in [0.2, 0.25) is 15.9 Å². The molecule has 1 aromatic rings. The van der Waals surface area contributed by atoms with Crippen LogP contribution in [-0.4, -0.2) is 56.1 Å². The van der Waals surface area contributed by atoms with Crippen molar-refractivity contribution in [3.63, 3.8) is 0 Å². The van der Waals surface area contributed by atoms with Crippen LogP contribution in [0.2, 0.25) is 0 Å². The SMILES string of the molecule is CCNC(=NCc1nc(C)c(C)o1)NCCCN(C)S(=O)(=O)CC. The zero-order valence-electron chi connectivity index (χ0n) is 15.2. The van der Waals surface area contributed by atoms with Crippen molar-refractivity contribution in [1.29, 1.82) is 0 Å². The lowest BCUT2D eigenvalue weighted by Gasteiger charge is -2.16. The quantitative estimate of drug-likeness (QED) is 0.388. The fraction of sp³-hybridized carbons (Fsp3) is 0.733. The van der Waals surface area contributed by atoms with Crippen molar-refractivity contribution in [2.75, 3.05) is 32.4 Å². The molecule has 0 bridgehead atoms. The number of sulfonamides is 1. The highest BCUT2D eigenvalue weighted by atomic mass is 32.2. The Balaban J connectivity index is 2.47. The van der Waals surface area contributed by atoms with Gasteiger partial charge >= 0.3 is 0 Å². The summed E-state index contributed by atoms with van der Waals surface area (Å²) in [6.45, 7) is 9.59. The van der Waals surface area contributed by atoms with Gasteiger partial charge in [0.05, 0.1) is 11.4 Å². The van der Waals surface area contributed by atoms with Crippen LogP contribution in [-0.2, 0) is 16.6 Å². The molecule has 0 radical (unpaired) electrons. The fourth-order valence-electron chi connectivity index (χ4n) is 1.96. The van der Waals surface area contributed by atoms with E-state index >= 15 is 0 Å². The lowest BCUT2D eigenvalue weighted by atomic mass is 10.4. The second-order valence-corrected chi connectivity index (χ2v) is 7.81. The van der Waals surface area contributed by atoms with Gasteiger partial charge in [-0.2, -0.15) is 0 Å². The van der Waals surface area contributed by atoms with Gasteiger partial charge in [0.1, 0.15) is 12.3 Å². The molecule has 9 heteroatoms. The number of rotatable bonds is 9. The first-order valence-electron chi connectivity index (χ1n) is 8.19. The third kappa shape index (κ3) is 6.48. The molecule has 138 valence electrons. The predicted octanol–water partition coefficient (Wildman–Crippen LogP) is 1.02. The van der Waals surface area contributed by atoms with Crippen molar-refractivity contribution in [2.45, 2.75) is 40.7 Å². The summed E-state index contributed by atoms with van der Waals surface area (Å²) in [7, 11) is -1.52. The normalized spacial score (nSPS) is 12.7. The molecule has 1 rings (SSSR count). The first-order chi connectivity index (χ1) is 11.3. The predicted molar refractivity (Wildman–Crippen MR) is 95.5 cm³/mol. The first kappa shape index (κ1) is 20.4. The monoisotopic (exact) mass is 359 g/mol. The molecule has 0 atom stereocenters. The number of hydrogen-bond acceptors (Lipinski definition) is 5. The topological polar surface area (TPSA) is 99.8 Å². The number of aromatic nitrogens is 1. The number of hydrogen-bond donors (Lipinski definition) is 2. The van der Waals surface area contributed by atoms with Crippen LogP contribution in [0, 0.1) is 13.8 Å². The molecular formula is C15H29N5O3S. The molecule has 2 N–H and O–H groups in total. The molecule has 0 spiro atoms. The van der Waals surface area contributed by atoms with Crippen LogP contribution in [0.25, 0.3) is 0 Å². The molecule has 0 amide bonds. The zero-order valence-corrected chi connectivity index (χ0v) is 16.0. The first-order valence-corrected chi connectivity index (χ1v) is 9.80. The molecule has 0 aromatic carbocycles. The van der Waals surface area contributed by atoms with Crippen LogP contribution >= 0.6 is 0 Å². The Bertz CT molecular complexity index is 620. The van der Waals surface area contributed by atoms with Gasteiger partial charge in [-0.3, -0.25) is 0 Å². The zero-order chi connectivity index (χ0) is 18.2. The largest absolute Gasteiger partial charge is 0.444 e. The van der Waals surface area contributed by atoms with Gasteiger partial charge in [-0.25, -0.2) is 22.7 Å². The van der Waals surface area contributed by atoms with E-state index in [0.29, 0.717) is 37.9 Å². The van der Waals surface area contributed by atoms with Crippen molar-refractivity contribution in [1.82, 2.24) is 19.9 Å². The van der Waals surface area contributed by atoms with E-state index in [1.54, 1.807) is 14.0 Å². The van der Waals surface area contributed by atoms with E-state index in [4.69, 9.17) is 4.42 Å². The van der Waals surface area contributed by atoms with Gasteiger partial charge in [-0.1, -0.05) is 0 Å². The standard InChI is InChI=1S/C15H29N5O3S/c1-6-16-15(18-11-14-19-12(3)13(4)23-14)17-9-8-10-20(5)24(21,22)7-2/h6-11H2,1-5H3,(H2,16,17,18). The number of nitrogens with one attached hydrogen (secondary N) is 2. The second kappa shape index (κ2) is 9.63. The van der Waals surface area contributed by atoms with Crippen LogP contribution < -0.4 is 10.6 Å². The van der Waals surface area contributed by atoms with Crippen LogP contribution in [0.15, 0.2) is 9.41 Å². The summed E-state index contributed by atoms with van der Waals surface area (Å²) in [5.41, 5.74) is 0.873. The molecule has 0 saturated heterocycles. The number of oxazole rings is 1. The van der Waals surface area contributed by atoms with Gasteiger partial charge in [0, 0.05) is 26.7 Å². The fourth-order valence-corrected chi connectivity index (χ4v) is 2.81. The van der Waals surface area contributed by atoms with Crippen molar-refractivity contribution >= 4 is 16.0 Å². The third-order valence-electron chi connectivity index (χ3n) is 3.57. The molecule has 0 aliphatic carbocycles. The molecule has 0 saturated carbocycles. The minimum atomic E-state index is -3.12. The van der Waals surface area contributed by atoms with E-state index < -0.39 is 10.0 Å². The summed E-state index contributed by atoms with van der Waals surface area (Å²) in [4.78, 5) is 8.72. The minimum Gasteiger partial charge on any atom is -0.444 e. The van der Waals surface area contributed by atoms with Crippen molar-refractivity contribution in [3.05, 3.63) is 17.3 Å². The average Bonchev–Trinajstić information content (AvgIpc) is 2.87. The Hall–Kier alpha value is -1.61. The van der Waals surface area contributed by atoms with Gasteiger partial charge in [0.15, 0.2) is 5.96 Å². The lowest BCUT2D eigenvalue weighted by molar-refractivity contribution is 0.460. The highest BCUT2D eigenvalue weighted by molar-refractivity contribution is 7.89. The molecule has 0 unspecified atom stereocenters. The molecule has 24 heavy (non-hydrogen) atoms. The van der Waals surface area contributed by atoms with Crippen molar-refractivity contribution < 1.29 is 12.8 Å². The summed E-state index contributed by atoms with van der Waals surface area (Å²) in [5, 5.41) is 6.33. The van der Waals surface area contributed by atoms with E-state index in [-0.39, 0.29) is 5.75 Å². The maximum Gasteiger partial charge on any atom is 0.216 e. The summed E-state index contributed by atoms with van der Waals surface area (Å²) in [6, 6.07) is 0. The minimum absolute atomic E-state index is 0.121. The molecule has 0 fully saturated rings. The highest BCUT2D eigenvalue weighted by Crippen LogP contribution is 2.08. The van der Waals surface area contributed by atoms with E-state index in [1.165, 1.54) is 4.31 Å².